The Morgan fingerprint density at radius 3 is 2.39 bits per heavy atom. The van der Waals surface area contributed by atoms with Gasteiger partial charge in [-0.3, -0.25) is 15.9 Å². The predicted molar refractivity (Wildman–Crippen MR) is 89.8 cm³/mol. The van der Waals surface area contributed by atoms with E-state index in [0.29, 0.717) is 5.75 Å². The Labute approximate surface area is 233 Å². The zero-order chi connectivity index (χ0) is 15.7. The van der Waals surface area contributed by atoms with Crippen LogP contribution in [-0.2, 0) is 10.2 Å². The van der Waals surface area contributed by atoms with E-state index in [9.17, 15) is 4.79 Å². The summed E-state index contributed by atoms with van der Waals surface area (Å²) in [6.45, 7) is 4.00. The second-order valence-electron chi connectivity index (χ2n) is 4.86. The van der Waals surface area contributed by atoms with Gasteiger partial charge < -0.3 is 14.8 Å². The molecule has 1 N–H and O–H groups in total. The minimum atomic E-state index is -0.421. The van der Waals surface area contributed by atoms with Crippen molar-refractivity contribution in [3.8, 4) is 5.75 Å². The van der Waals surface area contributed by atoms with E-state index in [2.05, 4.69) is 26.2 Å². The zero-order valence-electron chi connectivity index (χ0n) is 15.0. The molecule has 0 bridgehead atoms. The Kier molecular flexibility index (Phi) is 18.2. The van der Waals surface area contributed by atoms with Crippen molar-refractivity contribution in [1.29, 1.82) is 0 Å². The summed E-state index contributed by atoms with van der Waals surface area (Å²) in [6, 6.07) is 1.91. The quantitative estimate of drug-likeness (QED) is 0.347. The summed E-state index contributed by atoms with van der Waals surface area (Å²) < 4.78 is 5.31. The fourth-order valence-electron chi connectivity index (χ4n) is 2.77. The number of carbonyl (C=O) groups excluding carboxylic acids is 1. The van der Waals surface area contributed by atoms with Crippen LogP contribution in [0, 0.1) is 5.52 Å². The molecule has 2 rings (SSSR count). The number of hydrogen-bond acceptors (Lipinski definition) is 4. The molecule has 0 aromatic carbocycles. The first-order valence-electron chi connectivity index (χ1n) is 7.49. The van der Waals surface area contributed by atoms with Crippen molar-refractivity contribution in [3.63, 3.8) is 0 Å². The molecule has 1 aliphatic rings. The Balaban J connectivity index is 0. The van der Waals surface area contributed by atoms with Gasteiger partial charge in [-0.15, -0.1) is 0 Å². The molecule has 0 amide bonds. The van der Waals surface area contributed by atoms with Gasteiger partial charge in [0.25, 0.3) is 0 Å². The van der Waals surface area contributed by atoms with Crippen LogP contribution in [0.3, 0.4) is 0 Å². The second kappa shape index (κ2) is 15.3. The third-order valence-corrected chi connectivity index (χ3v) is 3.97. The molecule has 118 valence electrons. The summed E-state index contributed by atoms with van der Waals surface area (Å²) in [5.41, 5.74) is 1.95. The molecule has 0 atom stereocenters. The van der Waals surface area contributed by atoms with Crippen molar-refractivity contribution in [2.45, 2.75) is 51.4 Å². The largest absolute Gasteiger partial charge is 1.00 e. The second-order valence-corrected chi connectivity index (χ2v) is 5.23. The maximum Gasteiger partial charge on any atom is 1.00 e. The zero-order valence-corrected chi connectivity index (χ0v) is 22.8. The molecule has 1 heterocycles. The number of anilines is 1. The molecule has 1 aliphatic carbocycles. The van der Waals surface area contributed by atoms with E-state index in [0.717, 1.165) is 43.4 Å². The standard InChI is InChI=1S/C14H18BrN2O2.C2H6.2K/c1-16-13-12(7-11(8-17-13)19-10-15)14(9-18)5-3-2-4-6-14;1-2;;/h7-10H,2-6H2,1H3,(H,16,17);1-2H3;;/q-1;;2*+1. The average molecular weight is 434 g/mol. The number of hydrogen-bond donors (Lipinski definition) is 1. The van der Waals surface area contributed by atoms with Gasteiger partial charge in [0.1, 0.15) is 17.9 Å². The van der Waals surface area contributed by atoms with Gasteiger partial charge in [-0.2, -0.15) is 0 Å². The Morgan fingerprint density at radius 1 is 1.30 bits per heavy atom. The third kappa shape index (κ3) is 7.74. The maximum absolute atomic E-state index is 11.7. The van der Waals surface area contributed by atoms with Gasteiger partial charge in [0.15, 0.2) is 0 Å². The molecule has 0 aliphatic heterocycles. The number of pyridine rings is 1. The number of halogens is 1. The van der Waals surface area contributed by atoms with Gasteiger partial charge in [-0.1, -0.05) is 38.6 Å². The molecule has 4 nitrogen and oxygen atoms in total. The minimum absolute atomic E-state index is 0. The molecule has 1 saturated carbocycles. The molecular weight excluding hydrogens is 410 g/mol. The van der Waals surface area contributed by atoms with Gasteiger partial charge in [-0.05, 0) is 18.9 Å². The van der Waals surface area contributed by atoms with Crippen LogP contribution in [-0.4, -0.2) is 18.3 Å². The molecule has 0 unspecified atom stereocenters. The molecule has 0 spiro atoms. The van der Waals surface area contributed by atoms with Crippen LogP contribution in [0.4, 0.5) is 5.82 Å². The van der Waals surface area contributed by atoms with Crippen LogP contribution in [0.2, 0.25) is 0 Å². The summed E-state index contributed by atoms with van der Waals surface area (Å²) in [5.74, 6) is 1.40. The Bertz CT molecular complexity index is 456. The van der Waals surface area contributed by atoms with Crippen molar-refractivity contribution >= 4 is 28.0 Å². The average Bonchev–Trinajstić information content (AvgIpc) is 2.57. The van der Waals surface area contributed by atoms with E-state index in [4.69, 9.17) is 4.74 Å². The van der Waals surface area contributed by atoms with Gasteiger partial charge in [0.05, 0.1) is 11.6 Å². The van der Waals surface area contributed by atoms with Crippen molar-refractivity contribution in [2.75, 3.05) is 12.4 Å². The number of nitrogens with zero attached hydrogens (tertiary/aromatic N) is 1. The normalized spacial score (nSPS) is 15.0. The van der Waals surface area contributed by atoms with Gasteiger partial charge in [0.2, 0.25) is 0 Å². The summed E-state index contributed by atoms with van der Waals surface area (Å²) in [4.78, 5) is 16.1. The summed E-state index contributed by atoms with van der Waals surface area (Å²) >= 11 is 3.11. The summed E-state index contributed by atoms with van der Waals surface area (Å²) in [7, 11) is 1.82. The molecular formula is C16H24BrK2N2O2+. The molecule has 1 fully saturated rings. The molecule has 1 aromatic heterocycles. The smallest absolute Gasteiger partial charge is 0.650 e. The van der Waals surface area contributed by atoms with Crippen LogP contribution in [0.1, 0.15) is 51.5 Å². The molecule has 1 aromatic rings. The SMILES string of the molecule is CC.CNc1ncc(O[CH-]Br)cc1C1(C=O)CCCCC1.[K+].[K+]. The van der Waals surface area contributed by atoms with Crippen LogP contribution < -0.4 is 113 Å². The number of aldehydes is 1. The van der Waals surface area contributed by atoms with E-state index in [1.165, 1.54) is 11.9 Å². The van der Waals surface area contributed by atoms with Crippen molar-refractivity contribution < 1.29 is 112 Å². The molecule has 0 radical (unpaired) electrons. The fraction of sp³-hybridized carbons (Fsp3) is 0.562. The van der Waals surface area contributed by atoms with Crippen LogP contribution >= 0.6 is 15.9 Å². The minimum Gasteiger partial charge on any atom is -0.650 e. The summed E-state index contributed by atoms with van der Waals surface area (Å²) in [6.07, 6.45) is 7.86. The number of carbonyl (C=O) groups is 1. The van der Waals surface area contributed by atoms with Crippen LogP contribution in [0.15, 0.2) is 12.3 Å². The van der Waals surface area contributed by atoms with Crippen molar-refractivity contribution in [2.24, 2.45) is 0 Å². The Morgan fingerprint density at radius 2 is 1.91 bits per heavy atom. The van der Waals surface area contributed by atoms with E-state index >= 15 is 0 Å². The van der Waals surface area contributed by atoms with E-state index in [1.54, 1.807) is 6.20 Å². The van der Waals surface area contributed by atoms with Gasteiger partial charge in [-0.25, -0.2) is 4.98 Å². The number of aromatic nitrogens is 1. The molecule has 0 saturated heterocycles. The van der Waals surface area contributed by atoms with Crippen molar-refractivity contribution in [3.05, 3.63) is 23.3 Å². The molecule has 7 heteroatoms. The van der Waals surface area contributed by atoms with Crippen LogP contribution in [0.5, 0.6) is 5.75 Å². The predicted octanol–water partition coefficient (Wildman–Crippen LogP) is -1.55. The van der Waals surface area contributed by atoms with E-state index < -0.39 is 5.41 Å². The van der Waals surface area contributed by atoms with E-state index in [1.807, 2.05) is 27.0 Å². The molecule has 23 heavy (non-hydrogen) atoms. The van der Waals surface area contributed by atoms with Gasteiger partial charge >= 0.3 is 103 Å². The van der Waals surface area contributed by atoms with Crippen molar-refractivity contribution in [1.82, 2.24) is 4.98 Å². The topological polar surface area (TPSA) is 51.2 Å². The van der Waals surface area contributed by atoms with Crippen LogP contribution in [0.25, 0.3) is 0 Å². The first-order chi connectivity index (χ1) is 10.3. The number of rotatable bonds is 5. The number of nitrogens with one attached hydrogen (secondary N) is 1. The first kappa shape index (κ1) is 27.4. The maximum atomic E-state index is 11.7. The number of ether oxygens (including phenoxy) is 1. The first-order valence-corrected chi connectivity index (χ1v) is 8.40. The monoisotopic (exact) mass is 433 g/mol. The summed E-state index contributed by atoms with van der Waals surface area (Å²) in [5, 5.41) is 3.07. The fourth-order valence-corrected chi connectivity index (χ4v) is 2.99. The third-order valence-electron chi connectivity index (χ3n) is 3.79. The van der Waals surface area contributed by atoms with Gasteiger partial charge in [0, 0.05) is 12.6 Å². The van der Waals surface area contributed by atoms with E-state index in [-0.39, 0.29) is 103 Å². The Hall–Kier alpha value is 2.17.